The van der Waals surface area contributed by atoms with Gasteiger partial charge >= 0.3 is 6.03 Å². The third kappa shape index (κ3) is 5.71. The minimum atomic E-state index is -0.0908. The average molecular weight is 377 g/mol. The molecule has 28 heavy (non-hydrogen) atoms. The maximum absolute atomic E-state index is 12.0. The number of benzene rings is 1. The number of carbonyl (C=O) groups excluding carboxylic acids is 1. The fourth-order valence-corrected chi connectivity index (χ4v) is 3.52. The summed E-state index contributed by atoms with van der Waals surface area (Å²) >= 11 is 0. The molecule has 1 aromatic carbocycles. The third-order valence-corrected chi connectivity index (χ3v) is 5.14. The second-order valence-corrected chi connectivity index (χ2v) is 7.14. The van der Waals surface area contributed by atoms with Crippen molar-refractivity contribution in [2.24, 2.45) is 5.92 Å². The van der Waals surface area contributed by atoms with Crippen molar-refractivity contribution in [2.75, 3.05) is 31.1 Å². The molecule has 0 radical (unpaired) electrons. The Bertz CT molecular complexity index is 794. The van der Waals surface area contributed by atoms with E-state index in [2.05, 4.69) is 38.7 Å². The molecule has 2 aromatic rings. The summed E-state index contributed by atoms with van der Waals surface area (Å²) in [6.07, 6.45) is 5.59. The highest BCUT2D eigenvalue weighted by molar-refractivity contribution is 5.73. The number of hydrogen-bond donors (Lipinski definition) is 2. The first-order chi connectivity index (χ1) is 13.8. The van der Waals surface area contributed by atoms with Crippen LogP contribution in [-0.4, -0.2) is 37.2 Å². The number of hydrogen-bond acceptors (Lipinski definition) is 4. The second-order valence-electron chi connectivity index (χ2n) is 7.14. The number of pyridine rings is 1. The predicted molar refractivity (Wildman–Crippen MR) is 110 cm³/mol. The first-order valence-corrected chi connectivity index (χ1v) is 9.92. The lowest BCUT2D eigenvalue weighted by Gasteiger charge is -2.33. The van der Waals surface area contributed by atoms with Gasteiger partial charge < -0.3 is 15.5 Å². The summed E-state index contributed by atoms with van der Waals surface area (Å²) < 4.78 is 0. The maximum atomic E-state index is 12.0. The van der Waals surface area contributed by atoms with Crippen molar-refractivity contribution in [1.82, 2.24) is 15.6 Å². The molecule has 2 heterocycles. The molecule has 0 atom stereocenters. The van der Waals surface area contributed by atoms with Gasteiger partial charge in [0.15, 0.2) is 0 Å². The molecule has 146 valence electrons. The second kappa shape index (κ2) is 10.3. The number of carbonyl (C=O) groups is 1. The van der Waals surface area contributed by atoms with Gasteiger partial charge in [-0.05, 0) is 49.3 Å². The smallest absolute Gasteiger partial charge is 0.314 e. The van der Waals surface area contributed by atoms with Crippen molar-refractivity contribution in [2.45, 2.75) is 25.7 Å². The van der Waals surface area contributed by atoms with Gasteiger partial charge in [-0.25, -0.2) is 9.78 Å². The molecule has 0 spiro atoms. The molecule has 0 aliphatic carbocycles. The molecule has 3 rings (SSSR count). The number of rotatable bonds is 7. The van der Waals surface area contributed by atoms with E-state index in [0.29, 0.717) is 24.6 Å². The lowest BCUT2D eigenvalue weighted by atomic mass is 9.96. The van der Waals surface area contributed by atoms with Crippen LogP contribution in [0.5, 0.6) is 0 Å². The summed E-state index contributed by atoms with van der Waals surface area (Å²) in [5.74, 6) is 1.23. The van der Waals surface area contributed by atoms with Crippen LogP contribution in [0.4, 0.5) is 10.6 Å². The Labute approximate surface area is 166 Å². The highest BCUT2D eigenvalue weighted by Crippen LogP contribution is 2.23. The normalized spacial score (nSPS) is 14.3. The van der Waals surface area contributed by atoms with Crippen molar-refractivity contribution in [3.63, 3.8) is 0 Å². The van der Waals surface area contributed by atoms with Crippen LogP contribution < -0.4 is 15.5 Å². The van der Waals surface area contributed by atoms with Crippen LogP contribution in [-0.2, 0) is 6.42 Å². The number of aryl methyl sites for hydroxylation is 1. The quantitative estimate of drug-likeness (QED) is 0.727. The summed E-state index contributed by atoms with van der Waals surface area (Å²) in [5, 5.41) is 15.2. The van der Waals surface area contributed by atoms with Gasteiger partial charge in [0.1, 0.15) is 11.9 Å². The van der Waals surface area contributed by atoms with Crippen molar-refractivity contribution in [3.05, 3.63) is 59.8 Å². The van der Waals surface area contributed by atoms with Crippen LogP contribution in [0, 0.1) is 17.2 Å². The zero-order chi connectivity index (χ0) is 19.6. The van der Waals surface area contributed by atoms with E-state index in [-0.39, 0.29) is 6.03 Å². The molecule has 1 aliphatic heterocycles. The molecule has 2 amide bonds. The van der Waals surface area contributed by atoms with Crippen molar-refractivity contribution in [1.29, 1.82) is 5.26 Å². The van der Waals surface area contributed by atoms with Crippen LogP contribution >= 0.6 is 0 Å². The number of anilines is 1. The minimum absolute atomic E-state index is 0.0908. The maximum Gasteiger partial charge on any atom is 0.314 e. The van der Waals surface area contributed by atoms with E-state index in [1.165, 1.54) is 5.56 Å². The van der Waals surface area contributed by atoms with E-state index in [1.807, 2.05) is 18.2 Å². The summed E-state index contributed by atoms with van der Waals surface area (Å²) in [6, 6.07) is 16.0. The largest absolute Gasteiger partial charge is 0.356 e. The van der Waals surface area contributed by atoms with Gasteiger partial charge in [-0.1, -0.05) is 30.3 Å². The first-order valence-electron chi connectivity index (χ1n) is 9.92. The van der Waals surface area contributed by atoms with Gasteiger partial charge in [0.2, 0.25) is 0 Å². The summed E-state index contributed by atoms with van der Waals surface area (Å²) in [4.78, 5) is 18.5. The molecule has 6 heteroatoms. The van der Waals surface area contributed by atoms with Crippen LogP contribution in [0.25, 0.3) is 0 Å². The Balaban J connectivity index is 1.32. The Morgan fingerprint density at radius 2 is 1.93 bits per heavy atom. The molecule has 1 saturated heterocycles. The monoisotopic (exact) mass is 377 g/mol. The van der Waals surface area contributed by atoms with Crippen molar-refractivity contribution in [3.8, 4) is 6.07 Å². The highest BCUT2D eigenvalue weighted by atomic mass is 16.2. The first kappa shape index (κ1) is 19.7. The third-order valence-electron chi connectivity index (χ3n) is 5.14. The molecule has 0 bridgehead atoms. The Morgan fingerprint density at radius 3 is 2.68 bits per heavy atom. The van der Waals surface area contributed by atoms with Crippen LogP contribution in [0.2, 0.25) is 0 Å². The number of nitriles is 1. The topological polar surface area (TPSA) is 81.1 Å². The molecule has 0 saturated carbocycles. The van der Waals surface area contributed by atoms with E-state index in [1.54, 1.807) is 18.3 Å². The number of piperidine rings is 1. The Hall–Kier alpha value is -3.07. The van der Waals surface area contributed by atoms with Crippen molar-refractivity contribution >= 4 is 11.8 Å². The van der Waals surface area contributed by atoms with E-state index in [4.69, 9.17) is 0 Å². The van der Waals surface area contributed by atoms with Crippen LogP contribution in [0.1, 0.15) is 30.4 Å². The number of amides is 2. The van der Waals surface area contributed by atoms with Crippen LogP contribution in [0.3, 0.4) is 0 Å². The molecule has 0 unspecified atom stereocenters. The van der Waals surface area contributed by atoms with Crippen LogP contribution in [0.15, 0.2) is 48.7 Å². The number of urea groups is 1. The van der Waals surface area contributed by atoms with E-state index < -0.39 is 0 Å². The predicted octanol–water partition coefficient (Wildman–Crippen LogP) is 3.10. The fraction of sp³-hybridized carbons (Fsp3) is 0.409. The zero-order valence-electron chi connectivity index (χ0n) is 16.1. The lowest BCUT2D eigenvalue weighted by molar-refractivity contribution is 0.237. The summed E-state index contributed by atoms with van der Waals surface area (Å²) in [6.45, 7) is 3.08. The van der Waals surface area contributed by atoms with Gasteiger partial charge in [0.05, 0.1) is 5.56 Å². The van der Waals surface area contributed by atoms with Crippen molar-refractivity contribution < 1.29 is 4.79 Å². The molecule has 1 fully saturated rings. The zero-order valence-corrected chi connectivity index (χ0v) is 16.1. The van der Waals surface area contributed by atoms with Gasteiger partial charge in [0, 0.05) is 32.4 Å². The molecule has 1 aromatic heterocycles. The van der Waals surface area contributed by atoms with E-state index in [9.17, 15) is 10.1 Å². The van der Waals surface area contributed by atoms with E-state index >= 15 is 0 Å². The summed E-state index contributed by atoms with van der Waals surface area (Å²) in [7, 11) is 0. The average Bonchev–Trinajstić information content (AvgIpc) is 2.76. The summed E-state index contributed by atoms with van der Waals surface area (Å²) in [5.41, 5.74) is 1.91. The fourth-order valence-electron chi connectivity index (χ4n) is 3.52. The molecule has 1 aliphatic rings. The minimum Gasteiger partial charge on any atom is -0.356 e. The molecule has 2 N–H and O–H groups in total. The van der Waals surface area contributed by atoms with Gasteiger partial charge in [0.25, 0.3) is 0 Å². The molecular weight excluding hydrogens is 350 g/mol. The SMILES string of the molecule is N#Cc1cccnc1N1CCC(CNC(=O)NCCCc2ccccc2)CC1. The number of aromatic nitrogens is 1. The Morgan fingerprint density at radius 1 is 1.14 bits per heavy atom. The Kier molecular flexibility index (Phi) is 7.25. The molecule has 6 nitrogen and oxygen atoms in total. The van der Waals surface area contributed by atoms with Gasteiger partial charge in [-0.15, -0.1) is 0 Å². The highest BCUT2D eigenvalue weighted by Gasteiger charge is 2.22. The number of nitrogens with zero attached hydrogens (tertiary/aromatic N) is 3. The standard InChI is InChI=1S/C22H27N5O/c23-16-20-9-5-12-24-21(20)27-14-10-19(11-15-27)17-26-22(28)25-13-4-8-18-6-2-1-3-7-18/h1-3,5-7,9,12,19H,4,8,10-11,13-15,17H2,(H2,25,26,28). The van der Waals surface area contributed by atoms with Gasteiger partial charge in [-0.3, -0.25) is 0 Å². The molecular formula is C22H27N5O. The van der Waals surface area contributed by atoms with E-state index in [0.717, 1.165) is 44.6 Å². The van der Waals surface area contributed by atoms with Gasteiger partial charge in [-0.2, -0.15) is 5.26 Å². The number of nitrogens with one attached hydrogen (secondary N) is 2. The lowest BCUT2D eigenvalue weighted by Crippen LogP contribution is -2.42.